The van der Waals surface area contributed by atoms with E-state index in [0.717, 1.165) is 22.2 Å². The molecule has 1 heterocycles. The number of allylic oxidation sites excluding steroid dienone is 1. The minimum absolute atomic E-state index is 0.0915. The van der Waals surface area contributed by atoms with Crippen LogP contribution < -0.4 is 0 Å². The lowest BCUT2D eigenvalue weighted by Crippen LogP contribution is -1.92. The van der Waals surface area contributed by atoms with Crippen LogP contribution >= 0.6 is 0 Å². The Labute approximate surface area is 150 Å². The van der Waals surface area contributed by atoms with Crippen LogP contribution in [0, 0.1) is 11.3 Å². The SMILES string of the molecule is N#C/C(=C(\O)c1ccc(-c2ccccc2)cc1)c1nc2ccccc2[nH]1. The van der Waals surface area contributed by atoms with Crippen molar-refractivity contribution < 1.29 is 5.11 Å². The van der Waals surface area contributed by atoms with E-state index in [-0.39, 0.29) is 11.3 Å². The van der Waals surface area contributed by atoms with E-state index in [0.29, 0.717) is 11.4 Å². The van der Waals surface area contributed by atoms with Gasteiger partial charge in [-0.05, 0) is 23.3 Å². The van der Waals surface area contributed by atoms with Gasteiger partial charge in [0.2, 0.25) is 0 Å². The molecule has 0 aliphatic rings. The average Bonchev–Trinajstić information content (AvgIpc) is 3.13. The second kappa shape index (κ2) is 6.58. The Kier molecular flexibility index (Phi) is 3.97. The van der Waals surface area contributed by atoms with Crippen molar-refractivity contribution in [3.8, 4) is 17.2 Å². The number of hydrogen-bond acceptors (Lipinski definition) is 3. The highest BCUT2D eigenvalue weighted by Gasteiger charge is 2.14. The molecule has 0 bridgehead atoms. The van der Waals surface area contributed by atoms with Crippen molar-refractivity contribution in [1.29, 1.82) is 5.26 Å². The molecule has 26 heavy (non-hydrogen) atoms. The summed E-state index contributed by atoms with van der Waals surface area (Å²) in [5, 5.41) is 20.2. The molecule has 0 saturated heterocycles. The number of fused-ring (bicyclic) bond motifs is 1. The molecular weight excluding hydrogens is 322 g/mol. The fraction of sp³-hybridized carbons (Fsp3) is 0. The summed E-state index contributed by atoms with van der Waals surface area (Å²) >= 11 is 0. The molecule has 0 saturated carbocycles. The van der Waals surface area contributed by atoms with Crippen LogP contribution in [0.5, 0.6) is 0 Å². The van der Waals surface area contributed by atoms with Gasteiger partial charge >= 0.3 is 0 Å². The van der Waals surface area contributed by atoms with Gasteiger partial charge in [-0.25, -0.2) is 4.98 Å². The highest BCUT2D eigenvalue weighted by Crippen LogP contribution is 2.26. The van der Waals surface area contributed by atoms with Crippen LogP contribution in [0.25, 0.3) is 33.5 Å². The number of rotatable bonds is 3. The minimum Gasteiger partial charge on any atom is -0.506 e. The Balaban J connectivity index is 1.74. The van der Waals surface area contributed by atoms with Gasteiger partial charge < -0.3 is 10.1 Å². The largest absolute Gasteiger partial charge is 0.506 e. The lowest BCUT2D eigenvalue weighted by atomic mass is 10.0. The first-order valence-corrected chi connectivity index (χ1v) is 8.20. The van der Waals surface area contributed by atoms with E-state index in [1.54, 1.807) is 12.1 Å². The molecule has 0 atom stereocenters. The molecule has 4 heteroatoms. The topological polar surface area (TPSA) is 72.7 Å². The van der Waals surface area contributed by atoms with Gasteiger partial charge in [-0.3, -0.25) is 0 Å². The Morgan fingerprint density at radius 1 is 0.846 bits per heavy atom. The quantitative estimate of drug-likeness (QED) is 0.399. The number of H-pyrrole nitrogens is 1. The fourth-order valence-corrected chi connectivity index (χ4v) is 2.88. The van der Waals surface area contributed by atoms with Gasteiger partial charge in [-0.1, -0.05) is 66.7 Å². The molecule has 4 nitrogen and oxygen atoms in total. The molecule has 0 aliphatic heterocycles. The number of para-hydroxylation sites is 2. The maximum Gasteiger partial charge on any atom is 0.153 e. The second-order valence-corrected chi connectivity index (χ2v) is 5.88. The van der Waals surface area contributed by atoms with Gasteiger partial charge in [0.05, 0.1) is 11.0 Å². The Morgan fingerprint density at radius 2 is 1.50 bits per heavy atom. The summed E-state index contributed by atoms with van der Waals surface area (Å²) in [7, 11) is 0. The number of nitrogens with zero attached hydrogens (tertiary/aromatic N) is 2. The third-order valence-electron chi connectivity index (χ3n) is 4.24. The zero-order chi connectivity index (χ0) is 17.9. The monoisotopic (exact) mass is 337 g/mol. The van der Waals surface area contributed by atoms with Crippen molar-refractivity contribution >= 4 is 22.4 Å². The van der Waals surface area contributed by atoms with E-state index in [4.69, 9.17) is 0 Å². The van der Waals surface area contributed by atoms with Crippen LogP contribution in [-0.2, 0) is 0 Å². The van der Waals surface area contributed by atoms with Crippen LogP contribution in [0.15, 0.2) is 78.9 Å². The number of benzene rings is 3. The summed E-state index contributed by atoms with van der Waals surface area (Å²) in [6.07, 6.45) is 0. The van der Waals surface area contributed by atoms with Crippen molar-refractivity contribution in [2.45, 2.75) is 0 Å². The lowest BCUT2D eigenvalue weighted by Gasteiger charge is -2.05. The van der Waals surface area contributed by atoms with Crippen LogP contribution in [0.4, 0.5) is 0 Å². The van der Waals surface area contributed by atoms with Gasteiger partial charge in [0.1, 0.15) is 17.4 Å². The van der Waals surface area contributed by atoms with Gasteiger partial charge in [-0.2, -0.15) is 5.26 Å². The molecule has 0 amide bonds. The van der Waals surface area contributed by atoms with E-state index < -0.39 is 0 Å². The summed E-state index contributed by atoms with van der Waals surface area (Å²) < 4.78 is 0. The molecule has 4 rings (SSSR count). The molecule has 0 fully saturated rings. The third-order valence-corrected chi connectivity index (χ3v) is 4.24. The second-order valence-electron chi connectivity index (χ2n) is 5.88. The number of aromatic amines is 1. The molecular formula is C22H15N3O. The zero-order valence-corrected chi connectivity index (χ0v) is 13.8. The highest BCUT2D eigenvalue weighted by atomic mass is 16.3. The van der Waals surface area contributed by atoms with Gasteiger partial charge in [0.25, 0.3) is 0 Å². The van der Waals surface area contributed by atoms with Crippen LogP contribution in [0.2, 0.25) is 0 Å². The molecule has 4 aromatic rings. The first kappa shape index (κ1) is 15.7. The van der Waals surface area contributed by atoms with E-state index in [1.807, 2.05) is 66.7 Å². The Hall–Kier alpha value is -3.84. The number of aromatic nitrogens is 2. The number of imidazole rings is 1. The maximum atomic E-state index is 10.6. The van der Waals surface area contributed by atoms with Crippen molar-refractivity contribution in [2.24, 2.45) is 0 Å². The van der Waals surface area contributed by atoms with Gasteiger partial charge in [0.15, 0.2) is 5.82 Å². The molecule has 0 radical (unpaired) electrons. The molecule has 3 aromatic carbocycles. The summed E-state index contributed by atoms with van der Waals surface area (Å²) in [4.78, 5) is 7.48. The van der Waals surface area contributed by atoms with E-state index >= 15 is 0 Å². The molecule has 2 N–H and O–H groups in total. The van der Waals surface area contributed by atoms with Crippen molar-refractivity contribution in [3.05, 3.63) is 90.3 Å². The summed E-state index contributed by atoms with van der Waals surface area (Å²) in [5.74, 6) is 0.268. The minimum atomic E-state index is -0.0915. The smallest absolute Gasteiger partial charge is 0.153 e. The van der Waals surface area contributed by atoms with Crippen LogP contribution in [0.1, 0.15) is 11.4 Å². The first-order valence-electron chi connectivity index (χ1n) is 8.20. The Bertz CT molecular complexity index is 1100. The number of nitriles is 1. The van der Waals surface area contributed by atoms with Gasteiger partial charge in [-0.15, -0.1) is 0 Å². The molecule has 0 spiro atoms. The lowest BCUT2D eigenvalue weighted by molar-refractivity contribution is 0.514. The molecule has 0 unspecified atom stereocenters. The normalized spacial score (nSPS) is 11.8. The summed E-state index contributed by atoms with van der Waals surface area (Å²) in [6.45, 7) is 0. The van der Waals surface area contributed by atoms with Crippen LogP contribution in [-0.4, -0.2) is 15.1 Å². The number of aliphatic hydroxyl groups is 1. The average molecular weight is 337 g/mol. The fourth-order valence-electron chi connectivity index (χ4n) is 2.88. The zero-order valence-electron chi connectivity index (χ0n) is 13.8. The highest BCUT2D eigenvalue weighted by molar-refractivity contribution is 5.94. The van der Waals surface area contributed by atoms with Crippen molar-refractivity contribution in [3.63, 3.8) is 0 Å². The summed E-state index contributed by atoms with van der Waals surface area (Å²) in [6, 6.07) is 27.0. The molecule has 0 aliphatic carbocycles. The number of nitrogens with one attached hydrogen (secondary N) is 1. The van der Waals surface area contributed by atoms with E-state index in [2.05, 4.69) is 16.0 Å². The third kappa shape index (κ3) is 2.83. The van der Waals surface area contributed by atoms with E-state index in [9.17, 15) is 10.4 Å². The maximum absolute atomic E-state index is 10.6. The van der Waals surface area contributed by atoms with Crippen molar-refractivity contribution in [1.82, 2.24) is 9.97 Å². The summed E-state index contributed by atoms with van der Waals surface area (Å²) in [5.41, 5.74) is 4.41. The molecule has 1 aromatic heterocycles. The van der Waals surface area contributed by atoms with Gasteiger partial charge in [0, 0.05) is 5.56 Å². The predicted octanol–water partition coefficient (Wildman–Crippen LogP) is 5.18. The van der Waals surface area contributed by atoms with Crippen LogP contribution in [0.3, 0.4) is 0 Å². The number of hydrogen-bond donors (Lipinski definition) is 2. The standard InChI is InChI=1S/C22H15N3O/c23-14-18(22-24-19-8-4-5-9-20(19)25-22)21(26)17-12-10-16(11-13-17)15-6-2-1-3-7-15/h1-13,26H,(H,24,25)/b21-18+. The Morgan fingerprint density at radius 3 is 2.19 bits per heavy atom. The predicted molar refractivity (Wildman–Crippen MR) is 103 cm³/mol. The number of aliphatic hydroxyl groups excluding tert-OH is 1. The molecule has 124 valence electrons. The van der Waals surface area contributed by atoms with Crippen molar-refractivity contribution in [2.75, 3.05) is 0 Å². The van der Waals surface area contributed by atoms with E-state index in [1.165, 1.54) is 0 Å². The first-order chi connectivity index (χ1) is 12.8.